The zero-order chi connectivity index (χ0) is 23.2. The van der Waals surface area contributed by atoms with E-state index in [1.54, 1.807) is 21.3 Å². The highest BCUT2D eigenvalue weighted by molar-refractivity contribution is 14.0. The topological polar surface area (TPSA) is 67.4 Å². The molecule has 0 fully saturated rings. The summed E-state index contributed by atoms with van der Waals surface area (Å²) >= 11 is 0. The van der Waals surface area contributed by atoms with Gasteiger partial charge in [0.2, 0.25) is 0 Å². The monoisotopic (exact) mass is 570 g/mol. The molecule has 0 heterocycles. The van der Waals surface area contributed by atoms with E-state index >= 15 is 0 Å². The maximum atomic E-state index is 5.91. The molecule has 0 amide bonds. The first-order valence-corrected chi connectivity index (χ1v) is 11.0. The van der Waals surface area contributed by atoms with Gasteiger partial charge in [-0.1, -0.05) is 29.8 Å². The molecule has 0 aromatic heterocycles. The Balaban J connectivity index is 0.00000544. The molecule has 0 radical (unpaired) electrons. The third-order valence-electron chi connectivity index (χ3n) is 5.12. The molecular weight excluding hydrogens is 531 g/mol. The van der Waals surface area contributed by atoms with Crippen LogP contribution >= 0.6 is 24.0 Å². The Kier molecular flexibility index (Phi) is 14.5. The summed E-state index contributed by atoms with van der Waals surface area (Å²) in [7, 11) is 7.27. The molecule has 0 saturated carbocycles. The highest BCUT2D eigenvalue weighted by atomic mass is 127. The lowest BCUT2D eigenvalue weighted by molar-refractivity contribution is 0.150. The molecule has 0 aliphatic rings. The number of nitrogens with zero attached hydrogens (tertiary/aromatic N) is 2. The van der Waals surface area contributed by atoms with E-state index in [1.807, 2.05) is 18.2 Å². The van der Waals surface area contributed by atoms with Crippen LogP contribution in [0.5, 0.6) is 11.5 Å². The third kappa shape index (κ3) is 11.1. The van der Waals surface area contributed by atoms with Gasteiger partial charge in [-0.05, 0) is 49.7 Å². The molecule has 0 aliphatic carbocycles. The molecule has 0 unspecified atom stereocenters. The number of rotatable bonds is 13. The summed E-state index contributed by atoms with van der Waals surface area (Å²) in [5.74, 6) is 2.56. The number of nitrogens with one attached hydrogen (secondary N) is 2. The fourth-order valence-electron chi connectivity index (χ4n) is 3.25. The van der Waals surface area contributed by atoms with Gasteiger partial charge in [-0.25, -0.2) is 0 Å². The van der Waals surface area contributed by atoms with Crippen LogP contribution in [0.3, 0.4) is 0 Å². The zero-order valence-electron chi connectivity index (χ0n) is 20.5. The minimum absolute atomic E-state index is 0. The average molecular weight is 571 g/mol. The van der Waals surface area contributed by atoms with E-state index in [1.165, 1.54) is 11.1 Å². The number of hydrogen-bond acceptors (Lipinski definition) is 5. The fourth-order valence-corrected chi connectivity index (χ4v) is 3.25. The van der Waals surface area contributed by atoms with Crippen molar-refractivity contribution < 1.29 is 14.2 Å². The normalized spacial score (nSPS) is 11.2. The van der Waals surface area contributed by atoms with Crippen molar-refractivity contribution in [2.75, 3.05) is 61.2 Å². The number of aryl methyl sites for hydroxylation is 1. The lowest BCUT2D eigenvalue weighted by atomic mass is 10.1. The van der Waals surface area contributed by atoms with E-state index in [0.717, 1.165) is 55.7 Å². The Labute approximate surface area is 215 Å². The number of methoxy groups -OCH3 is 2. The molecule has 0 saturated heterocycles. The van der Waals surface area contributed by atoms with Gasteiger partial charge in [0, 0.05) is 40.3 Å². The summed E-state index contributed by atoms with van der Waals surface area (Å²) in [6, 6.07) is 14.4. The summed E-state index contributed by atoms with van der Waals surface area (Å²) in [6.07, 6.45) is 0.855. The first-order valence-electron chi connectivity index (χ1n) is 11.0. The molecule has 8 heteroatoms. The Bertz CT molecular complexity index is 848. The molecule has 2 aromatic rings. The third-order valence-corrected chi connectivity index (χ3v) is 5.12. The van der Waals surface area contributed by atoms with Gasteiger partial charge in [-0.15, -0.1) is 24.0 Å². The molecule has 7 nitrogen and oxygen atoms in total. The van der Waals surface area contributed by atoms with Crippen LogP contribution in [0.1, 0.15) is 16.7 Å². The summed E-state index contributed by atoms with van der Waals surface area (Å²) in [6.45, 7) is 6.64. The summed E-state index contributed by atoms with van der Waals surface area (Å²) in [5.41, 5.74) is 3.55. The van der Waals surface area contributed by atoms with Crippen LogP contribution in [-0.2, 0) is 17.7 Å². The average Bonchev–Trinajstić information content (AvgIpc) is 2.80. The van der Waals surface area contributed by atoms with Gasteiger partial charge >= 0.3 is 0 Å². The van der Waals surface area contributed by atoms with Gasteiger partial charge < -0.3 is 29.7 Å². The molecule has 0 aliphatic heterocycles. The van der Waals surface area contributed by atoms with Crippen molar-refractivity contribution in [1.29, 1.82) is 0 Å². The predicted molar refractivity (Wildman–Crippen MR) is 146 cm³/mol. The Morgan fingerprint density at radius 2 is 1.82 bits per heavy atom. The fraction of sp³-hybridized carbons (Fsp3) is 0.480. The summed E-state index contributed by atoms with van der Waals surface area (Å²) in [5, 5.41) is 6.74. The number of likely N-dealkylation sites (N-methyl/N-ethyl adjacent to an activating group) is 1. The van der Waals surface area contributed by atoms with Crippen LogP contribution in [-0.4, -0.2) is 72.0 Å². The molecule has 33 heavy (non-hydrogen) atoms. The second-order valence-corrected chi connectivity index (χ2v) is 7.71. The van der Waals surface area contributed by atoms with Gasteiger partial charge in [0.15, 0.2) is 5.96 Å². The summed E-state index contributed by atoms with van der Waals surface area (Å²) < 4.78 is 16.5. The van der Waals surface area contributed by atoms with E-state index in [4.69, 9.17) is 14.2 Å². The van der Waals surface area contributed by atoms with Crippen LogP contribution in [0, 0.1) is 6.92 Å². The van der Waals surface area contributed by atoms with Gasteiger partial charge in [-0.2, -0.15) is 0 Å². The zero-order valence-corrected chi connectivity index (χ0v) is 22.8. The van der Waals surface area contributed by atoms with E-state index < -0.39 is 0 Å². The highest BCUT2D eigenvalue weighted by Gasteiger charge is 2.05. The van der Waals surface area contributed by atoms with Crippen LogP contribution < -0.4 is 20.1 Å². The van der Waals surface area contributed by atoms with Gasteiger partial charge in [0.05, 0.1) is 13.7 Å². The second-order valence-electron chi connectivity index (χ2n) is 7.71. The number of hydrogen-bond donors (Lipinski definition) is 2. The number of halogens is 1. The van der Waals surface area contributed by atoms with Gasteiger partial charge in [0.1, 0.15) is 18.1 Å². The first kappa shape index (κ1) is 29.0. The van der Waals surface area contributed by atoms with E-state index in [2.05, 4.69) is 58.8 Å². The number of ether oxygens (including phenoxy) is 3. The van der Waals surface area contributed by atoms with Crippen molar-refractivity contribution in [3.8, 4) is 11.5 Å². The largest absolute Gasteiger partial charge is 0.496 e. The van der Waals surface area contributed by atoms with Crippen LogP contribution in [0.15, 0.2) is 47.5 Å². The molecule has 0 bridgehead atoms. The SMILES string of the molecule is CN=C(NCCc1cc(C)ccc1OC)NCc1cccc(OCCN(C)CCOC)c1.I. The van der Waals surface area contributed by atoms with Gasteiger partial charge in [-0.3, -0.25) is 4.99 Å². The highest BCUT2D eigenvalue weighted by Crippen LogP contribution is 2.19. The maximum absolute atomic E-state index is 5.91. The molecule has 0 atom stereocenters. The summed E-state index contributed by atoms with van der Waals surface area (Å²) in [4.78, 5) is 6.52. The lowest BCUT2D eigenvalue weighted by Crippen LogP contribution is -2.37. The van der Waals surface area contributed by atoms with E-state index in [9.17, 15) is 0 Å². The van der Waals surface area contributed by atoms with Crippen molar-refractivity contribution in [1.82, 2.24) is 15.5 Å². The van der Waals surface area contributed by atoms with Crippen molar-refractivity contribution in [3.05, 3.63) is 59.2 Å². The number of benzene rings is 2. The maximum Gasteiger partial charge on any atom is 0.191 e. The van der Waals surface area contributed by atoms with Crippen molar-refractivity contribution >= 4 is 29.9 Å². The molecule has 0 spiro atoms. The predicted octanol–water partition coefficient (Wildman–Crippen LogP) is 3.49. The van der Waals surface area contributed by atoms with Crippen LogP contribution in [0.25, 0.3) is 0 Å². The van der Waals surface area contributed by atoms with E-state index in [0.29, 0.717) is 13.2 Å². The minimum atomic E-state index is 0. The molecule has 2 aromatic carbocycles. The van der Waals surface area contributed by atoms with Crippen molar-refractivity contribution in [2.45, 2.75) is 19.9 Å². The van der Waals surface area contributed by atoms with Crippen LogP contribution in [0.2, 0.25) is 0 Å². The molecular formula is C25H39IN4O3. The standard InChI is InChI=1S/C25H38N4O3.HI/c1-20-9-10-24(31-5)22(17-20)11-12-27-25(26-2)28-19-21-7-6-8-23(18-21)32-16-14-29(3)13-15-30-4;/h6-10,17-18H,11-16,19H2,1-5H3,(H2,26,27,28);1H. The van der Waals surface area contributed by atoms with Crippen molar-refractivity contribution in [2.24, 2.45) is 4.99 Å². The molecule has 184 valence electrons. The Morgan fingerprint density at radius 3 is 2.55 bits per heavy atom. The van der Waals surface area contributed by atoms with E-state index in [-0.39, 0.29) is 24.0 Å². The van der Waals surface area contributed by atoms with Gasteiger partial charge in [0.25, 0.3) is 0 Å². The number of guanidine groups is 1. The number of aliphatic imine (C=N–C) groups is 1. The Hall–Kier alpha value is -2.04. The molecule has 2 N–H and O–H groups in total. The minimum Gasteiger partial charge on any atom is -0.496 e. The molecule has 2 rings (SSSR count). The quantitative estimate of drug-likeness (QED) is 0.219. The Morgan fingerprint density at radius 1 is 1.03 bits per heavy atom. The van der Waals surface area contributed by atoms with Crippen LogP contribution in [0.4, 0.5) is 0 Å². The lowest BCUT2D eigenvalue weighted by Gasteiger charge is -2.17. The second kappa shape index (κ2) is 16.6. The smallest absolute Gasteiger partial charge is 0.191 e. The first-order chi connectivity index (χ1) is 15.5. The van der Waals surface area contributed by atoms with Crippen molar-refractivity contribution in [3.63, 3.8) is 0 Å².